The second kappa shape index (κ2) is 5.36. The Morgan fingerprint density at radius 3 is 2.52 bits per heavy atom. The van der Waals surface area contributed by atoms with Crippen molar-refractivity contribution in [2.45, 2.75) is 45.6 Å². The lowest BCUT2D eigenvalue weighted by Crippen LogP contribution is -2.48. The summed E-state index contributed by atoms with van der Waals surface area (Å²) in [5.41, 5.74) is 8.82. The second-order valence-corrected chi connectivity index (χ2v) is 7.30. The molecule has 0 bridgehead atoms. The summed E-state index contributed by atoms with van der Waals surface area (Å²) in [6.45, 7) is 8.63. The summed E-state index contributed by atoms with van der Waals surface area (Å²) in [6.07, 6.45) is 3.82. The molecule has 1 aliphatic carbocycles. The van der Waals surface area contributed by atoms with Crippen LogP contribution in [0.15, 0.2) is 29.3 Å². The van der Waals surface area contributed by atoms with Crippen molar-refractivity contribution in [2.75, 3.05) is 13.1 Å². The summed E-state index contributed by atoms with van der Waals surface area (Å²) >= 11 is 0. The molecule has 21 heavy (non-hydrogen) atoms. The van der Waals surface area contributed by atoms with Crippen LogP contribution in [-0.2, 0) is 12.0 Å². The van der Waals surface area contributed by atoms with Crippen molar-refractivity contribution in [1.82, 2.24) is 4.90 Å². The van der Waals surface area contributed by atoms with Crippen LogP contribution >= 0.6 is 0 Å². The molecule has 1 heterocycles. The van der Waals surface area contributed by atoms with Gasteiger partial charge in [-0.25, -0.2) is 0 Å². The third kappa shape index (κ3) is 2.92. The monoisotopic (exact) mass is 285 g/mol. The first-order valence-electron chi connectivity index (χ1n) is 8.16. The van der Waals surface area contributed by atoms with E-state index in [4.69, 9.17) is 5.73 Å². The topological polar surface area (TPSA) is 41.6 Å². The Kier molecular flexibility index (Phi) is 3.68. The number of benzene rings is 1. The molecule has 2 aliphatic rings. The predicted octanol–water partition coefficient (Wildman–Crippen LogP) is 3.14. The Hall–Kier alpha value is -1.51. The first-order valence-corrected chi connectivity index (χ1v) is 8.16. The van der Waals surface area contributed by atoms with Crippen molar-refractivity contribution in [3.05, 3.63) is 35.4 Å². The fraction of sp³-hybridized carbons (Fsp3) is 0.611. The number of aliphatic imine (C=N–C) groups is 1. The minimum atomic E-state index is -0.0664. The largest absolute Gasteiger partial charge is 0.370 e. The summed E-state index contributed by atoms with van der Waals surface area (Å²) in [7, 11) is 0. The highest BCUT2D eigenvalue weighted by Crippen LogP contribution is 2.38. The summed E-state index contributed by atoms with van der Waals surface area (Å²) in [6, 6.07) is 9.08. The number of nitrogens with zero attached hydrogens (tertiary/aromatic N) is 2. The molecular weight excluding hydrogens is 258 g/mol. The number of hydrogen-bond acceptors (Lipinski definition) is 3. The van der Waals surface area contributed by atoms with E-state index in [1.54, 1.807) is 0 Å². The van der Waals surface area contributed by atoms with E-state index in [0.29, 0.717) is 5.92 Å². The molecule has 0 amide bonds. The van der Waals surface area contributed by atoms with Gasteiger partial charge in [0.25, 0.3) is 0 Å². The van der Waals surface area contributed by atoms with Gasteiger partial charge in [-0.1, -0.05) is 38.1 Å². The normalized spacial score (nSPS) is 25.5. The van der Waals surface area contributed by atoms with Crippen molar-refractivity contribution < 1.29 is 0 Å². The lowest BCUT2D eigenvalue weighted by Gasteiger charge is -2.37. The van der Waals surface area contributed by atoms with E-state index in [1.807, 2.05) is 0 Å². The quantitative estimate of drug-likeness (QED) is 0.903. The summed E-state index contributed by atoms with van der Waals surface area (Å²) < 4.78 is 0. The van der Waals surface area contributed by atoms with Gasteiger partial charge in [-0.2, -0.15) is 0 Å². The molecule has 1 saturated carbocycles. The number of rotatable bonds is 5. The molecule has 1 aliphatic heterocycles. The van der Waals surface area contributed by atoms with Crippen molar-refractivity contribution >= 4 is 5.96 Å². The Morgan fingerprint density at radius 1 is 1.29 bits per heavy atom. The van der Waals surface area contributed by atoms with Crippen LogP contribution in [0.25, 0.3) is 0 Å². The Bertz CT molecular complexity index is 528. The molecule has 0 aromatic heterocycles. The van der Waals surface area contributed by atoms with Crippen molar-refractivity contribution in [3.8, 4) is 0 Å². The fourth-order valence-electron chi connectivity index (χ4n) is 3.23. The highest BCUT2D eigenvalue weighted by atomic mass is 15.4. The molecule has 1 aromatic rings. The van der Waals surface area contributed by atoms with Gasteiger partial charge < -0.3 is 10.6 Å². The molecule has 1 unspecified atom stereocenters. The third-order valence-electron chi connectivity index (χ3n) is 4.78. The first-order chi connectivity index (χ1) is 9.99. The predicted molar refractivity (Wildman–Crippen MR) is 88.3 cm³/mol. The van der Waals surface area contributed by atoms with Crippen LogP contribution in [0.4, 0.5) is 0 Å². The van der Waals surface area contributed by atoms with Gasteiger partial charge in [0, 0.05) is 6.54 Å². The highest BCUT2D eigenvalue weighted by molar-refractivity contribution is 5.81. The third-order valence-corrected chi connectivity index (χ3v) is 4.78. The van der Waals surface area contributed by atoms with Gasteiger partial charge in [0.15, 0.2) is 5.96 Å². The van der Waals surface area contributed by atoms with Crippen molar-refractivity contribution in [3.63, 3.8) is 0 Å². The second-order valence-electron chi connectivity index (χ2n) is 7.30. The molecular formula is C18H27N3. The average Bonchev–Trinajstić information content (AvgIpc) is 3.21. The zero-order valence-electron chi connectivity index (χ0n) is 13.5. The van der Waals surface area contributed by atoms with Crippen LogP contribution < -0.4 is 5.73 Å². The van der Waals surface area contributed by atoms with Gasteiger partial charge in [0.2, 0.25) is 0 Å². The lowest BCUT2D eigenvalue weighted by atomic mass is 9.89. The van der Waals surface area contributed by atoms with Crippen LogP contribution in [0.5, 0.6) is 0 Å². The van der Waals surface area contributed by atoms with E-state index in [9.17, 15) is 0 Å². The summed E-state index contributed by atoms with van der Waals surface area (Å²) in [5.74, 6) is 2.23. The molecule has 3 rings (SSSR count). The standard InChI is InChI=1S/C18H27N3/c1-13(2)10-14-6-8-16(9-7-14)18(3)12-20-17(19)21(18)11-15-4-5-15/h6-9,13,15H,4-5,10-12H2,1-3H3,(H2,19,20). The van der Waals surface area contributed by atoms with E-state index in [2.05, 4.69) is 54.9 Å². The van der Waals surface area contributed by atoms with Crippen molar-refractivity contribution in [2.24, 2.45) is 22.6 Å². The lowest BCUT2D eigenvalue weighted by molar-refractivity contribution is 0.217. The number of hydrogen-bond donors (Lipinski definition) is 1. The maximum Gasteiger partial charge on any atom is 0.192 e. The molecule has 2 N–H and O–H groups in total. The van der Waals surface area contributed by atoms with Gasteiger partial charge in [-0.05, 0) is 49.1 Å². The molecule has 1 fully saturated rings. The number of nitrogens with two attached hydrogens (primary N) is 1. The SMILES string of the molecule is CC(C)Cc1ccc(C2(C)CN=C(N)N2CC2CC2)cc1. The van der Waals surface area contributed by atoms with E-state index in [-0.39, 0.29) is 5.54 Å². The molecule has 0 radical (unpaired) electrons. The minimum absolute atomic E-state index is 0.0664. The summed E-state index contributed by atoms with van der Waals surface area (Å²) in [5, 5.41) is 0. The minimum Gasteiger partial charge on any atom is -0.370 e. The van der Waals surface area contributed by atoms with Gasteiger partial charge in [0.05, 0.1) is 12.1 Å². The smallest absolute Gasteiger partial charge is 0.192 e. The van der Waals surface area contributed by atoms with E-state index in [1.165, 1.54) is 24.0 Å². The Morgan fingerprint density at radius 2 is 1.95 bits per heavy atom. The van der Waals surface area contributed by atoms with Crippen LogP contribution in [0, 0.1) is 11.8 Å². The van der Waals surface area contributed by atoms with E-state index >= 15 is 0 Å². The Labute approximate surface area is 128 Å². The van der Waals surface area contributed by atoms with E-state index < -0.39 is 0 Å². The first kappa shape index (κ1) is 14.4. The maximum atomic E-state index is 6.14. The fourth-order valence-corrected chi connectivity index (χ4v) is 3.23. The van der Waals surface area contributed by atoms with Gasteiger partial charge in [-0.15, -0.1) is 0 Å². The van der Waals surface area contributed by atoms with Crippen LogP contribution in [0.2, 0.25) is 0 Å². The maximum absolute atomic E-state index is 6.14. The zero-order valence-corrected chi connectivity index (χ0v) is 13.5. The molecule has 3 heteroatoms. The highest BCUT2D eigenvalue weighted by Gasteiger charge is 2.41. The Balaban J connectivity index is 1.80. The van der Waals surface area contributed by atoms with Gasteiger partial charge >= 0.3 is 0 Å². The molecule has 0 saturated heterocycles. The number of guanidine groups is 1. The van der Waals surface area contributed by atoms with Crippen molar-refractivity contribution in [1.29, 1.82) is 0 Å². The molecule has 0 spiro atoms. The van der Waals surface area contributed by atoms with Crippen LogP contribution in [-0.4, -0.2) is 23.9 Å². The summed E-state index contributed by atoms with van der Waals surface area (Å²) in [4.78, 5) is 6.84. The average molecular weight is 285 g/mol. The molecule has 1 aromatic carbocycles. The molecule has 1 atom stereocenters. The zero-order chi connectivity index (χ0) is 15.0. The molecule has 114 valence electrons. The van der Waals surface area contributed by atoms with Gasteiger partial charge in [-0.3, -0.25) is 4.99 Å². The van der Waals surface area contributed by atoms with Crippen LogP contribution in [0.3, 0.4) is 0 Å². The van der Waals surface area contributed by atoms with Gasteiger partial charge in [0.1, 0.15) is 0 Å². The molecule has 3 nitrogen and oxygen atoms in total. The van der Waals surface area contributed by atoms with E-state index in [0.717, 1.165) is 31.4 Å². The van der Waals surface area contributed by atoms with Crippen LogP contribution in [0.1, 0.15) is 44.7 Å².